The predicted octanol–water partition coefficient (Wildman–Crippen LogP) is 0.205. The molecule has 1 aliphatic rings. The van der Waals surface area contributed by atoms with Gasteiger partial charge < -0.3 is 25.2 Å². The molecule has 0 aromatic heterocycles. The van der Waals surface area contributed by atoms with Gasteiger partial charge in [-0.15, -0.1) is 0 Å². The molecule has 1 aromatic carbocycles. The number of hydrogen-bond donors (Lipinski definition) is 2. The van der Waals surface area contributed by atoms with Gasteiger partial charge in [-0.25, -0.2) is 4.79 Å². The Labute approximate surface area is 115 Å². The Morgan fingerprint density at radius 2 is 2.05 bits per heavy atom. The Hall–Kier alpha value is -2.28. The standard InChI is InChI=1S/C13H16N2O5/c14-10-3-1-2-9(13(17)18)12(10)20-8-11(16)15-4-6-19-7-5-15/h1-3H,4-8,14H2,(H,17,18). The van der Waals surface area contributed by atoms with Crippen LogP contribution >= 0.6 is 0 Å². The largest absolute Gasteiger partial charge is 0.481 e. The summed E-state index contributed by atoms with van der Waals surface area (Å²) in [5.41, 5.74) is 5.83. The highest BCUT2D eigenvalue weighted by molar-refractivity contribution is 5.93. The van der Waals surface area contributed by atoms with Gasteiger partial charge in [-0.1, -0.05) is 6.07 Å². The van der Waals surface area contributed by atoms with Gasteiger partial charge in [0.05, 0.1) is 18.9 Å². The van der Waals surface area contributed by atoms with E-state index in [0.29, 0.717) is 26.3 Å². The Morgan fingerprint density at radius 1 is 1.35 bits per heavy atom. The molecule has 0 atom stereocenters. The van der Waals surface area contributed by atoms with Crippen LogP contribution in [0.4, 0.5) is 5.69 Å². The van der Waals surface area contributed by atoms with Crippen molar-refractivity contribution >= 4 is 17.6 Å². The zero-order valence-corrected chi connectivity index (χ0v) is 10.9. The Morgan fingerprint density at radius 3 is 2.70 bits per heavy atom. The van der Waals surface area contributed by atoms with E-state index in [1.54, 1.807) is 4.90 Å². The van der Waals surface area contributed by atoms with Gasteiger partial charge in [-0.05, 0) is 12.1 Å². The smallest absolute Gasteiger partial charge is 0.339 e. The second kappa shape index (κ2) is 6.25. The maximum Gasteiger partial charge on any atom is 0.339 e. The molecule has 1 saturated heterocycles. The summed E-state index contributed by atoms with van der Waals surface area (Å²) in [7, 11) is 0. The second-order valence-electron chi connectivity index (χ2n) is 4.31. The van der Waals surface area contributed by atoms with E-state index in [1.807, 2.05) is 0 Å². The molecule has 7 nitrogen and oxygen atoms in total. The number of anilines is 1. The third-order valence-electron chi connectivity index (χ3n) is 2.98. The monoisotopic (exact) mass is 280 g/mol. The fraction of sp³-hybridized carbons (Fsp3) is 0.385. The summed E-state index contributed by atoms with van der Waals surface area (Å²) in [5, 5.41) is 9.06. The first-order valence-electron chi connectivity index (χ1n) is 6.19. The molecule has 1 heterocycles. The van der Waals surface area contributed by atoms with Crippen molar-refractivity contribution in [2.45, 2.75) is 0 Å². The zero-order valence-electron chi connectivity index (χ0n) is 10.9. The molecule has 0 spiro atoms. The lowest BCUT2D eigenvalue weighted by atomic mass is 10.2. The van der Waals surface area contributed by atoms with Crippen molar-refractivity contribution in [1.29, 1.82) is 0 Å². The van der Waals surface area contributed by atoms with Gasteiger partial charge in [-0.2, -0.15) is 0 Å². The van der Waals surface area contributed by atoms with E-state index < -0.39 is 5.97 Å². The van der Waals surface area contributed by atoms with Crippen LogP contribution in [0, 0.1) is 0 Å². The molecule has 0 unspecified atom stereocenters. The van der Waals surface area contributed by atoms with E-state index in [2.05, 4.69) is 0 Å². The number of para-hydroxylation sites is 1. The molecule has 1 fully saturated rings. The average molecular weight is 280 g/mol. The fourth-order valence-electron chi connectivity index (χ4n) is 1.92. The number of carbonyl (C=O) groups is 2. The first-order chi connectivity index (χ1) is 9.59. The lowest BCUT2D eigenvalue weighted by molar-refractivity contribution is -0.137. The van der Waals surface area contributed by atoms with Gasteiger partial charge in [-0.3, -0.25) is 4.79 Å². The van der Waals surface area contributed by atoms with Crippen LogP contribution < -0.4 is 10.5 Å². The molecule has 108 valence electrons. The number of amides is 1. The van der Waals surface area contributed by atoms with E-state index >= 15 is 0 Å². The van der Waals surface area contributed by atoms with Crippen LogP contribution in [0.5, 0.6) is 5.75 Å². The summed E-state index contributed by atoms with van der Waals surface area (Å²) < 4.78 is 10.5. The zero-order chi connectivity index (χ0) is 14.5. The maximum absolute atomic E-state index is 11.9. The fourth-order valence-corrected chi connectivity index (χ4v) is 1.92. The van der Waals surface area contributed by atoms with Crippen molar-refractivity contribution in [3.05, 3.63) is 23.8 Å². The maximum atomic E-state index is 11.9. The number of benzene rings is 1. The Kier molecular flexibility index (Phi) is 4.41. The third-order valence-corrected chi connectivity index (χ3v) is 2.98. The van der Waals surface area contributed by atoms with E-state index in [1.165, 1.54) is 18.2 Å². The number of rotatable bonds is 4. The van der Waals surface area contributed by atoms with Gasteiger partial charge >= 0.3 is 5.97 Å². The van der Waals surface area contributed by atoms with Crippen LogP contribution in [-0.2, 0) is 9.53 Å². The van der Waals surface area contributed by atoms with Gasteiger partial charge in [0.25, 0.3) is 5.91 Å². The Bertz CT molecular complexity index is 511. The van der Waals surface area contributed by atoms with E-state index in [0.717, 1.165) is 0 Å². The van der Waals surface area contributed by atoms with Crippen molar-refractivity contribution in [1.82, 2.24) is 4.90 Å². The number of nitrogens with zero attached hydrogens (tertiary/aromatic N) is 1. The first-order valence-corrected chi connectivity index (χ1v) is 6.19. The predicted molar refractivity (Wildman–Crippen MR) is 70.7 cm³/mol. The number of carboxylic acids is 1. The highest BCUT2D eigenvalue weighted by atomic mass is 16.5. The molecule has 1 aliphatic heterocycles. The topological polar surface area (TPSA) is 102 Å². The highest BCUT2D eigenvalue weighted by Gasteiger charge is 2.19. The van der Waals surface area contributed by atoms with Crippen molar-refractivity contribution in [3.8, 4) is 5.75 Å². The molecule has 1 aromatic rings. The van der Waals surface area contributed by atoms with Gasteiger partial charge in [0.15, 0.2) is 12.4 Å². The minimum absolute atomic E-state index is 0.0293. The number of nitrogens with two attached hydrogens (primary N) is 1. The molecule has 2 rings (SSSR count). The number of hydrogen-bond acceptors (Lipinski definition) is 5. The molecule has 0 saturated carbocycles. The summed E-state index contributed by atoms with van der Waals surface area (Å²) in [5.74, 6) is -1.33. The van der Waals surface area contributed by atoms with Gasteiger partial charge in [0, 0.05) is 13.1 Å². The number of morpholine rings is 1. The normalized spacial score (nSPS) is 14.9. The highest BCUT2D eigenvalue weighted by Crippen LogP contribution is 2.26. The summed E-state index contributed by atoms with van der Waals surface area (Å²) in [4.78, 5) is 24.6. The molecular weight excluding hydrogens is 264 g/mol. The van der Waals surface area contributed by atoms with Crippen LogP contribution in [0.1, 0.15) is 10.4 Å². The summed E-state index contributed by atoms with van der Waals surface area (Å²) >= 11 is 0. The lowest BCUT2D eigenvalue weighted by Crippen LogP contribution is -2.43. The molecule has 1 amide bonds. The van der Waals surface area contributed by atoms with Crippen LogP contribution in [0.3, 0.4) is 0 Å². The lowest BCUT2D eigenvalue weighted by Gasteiger charge is -2.26. The van der Waals surface area contributed by atoms with Crippen LogP contribution in [-0.4, -0.2) is 54.8 Å². The molecule has 0 bridgehead atoms. The number of carboxylic acid groups (broad SMARTS) is 1. The number of nitrogen functional groups attached to an aromatic ring is 1. The number of aromatic carboxylic acids is 1. The second-order valence-corrected chi connectivity index (χ2v) is 4.31. The molecule has 20 heavy (non-hydrogen) atoms. The van der Waals surface area contributed by atoms with E-state index in [9.17, 15) is 9.59 Å². The third kappa shape index (κ3) is 3.18. The van der Waals surface area contributed by atoms with Gasteiger partial charge in [0.2, 0.25) is 0 Å². The van der Waals surface area contributed by atoms with Crippen molar-refractivity contribution in [2.24, 2.45) is 0 Å². The average Bonchev–Trinajstić information content (AvgIpc) is 2.46. The van der Waals surface area contributed by atoms with E-state index in [4.69, 9.17) is 20.3 Å². The van der Waals surface area contributed by atoms with Gasteiger partial charge in [0.1, 0.15) is 5.56 Å². The van der Waals surface area contributed by atoms with Crippen molar-refractivity contribution in [3.63, 3.8) is 0 Å². The molecule has 7 heteroatoms. The molecule has 0 radical (unpaired) electrons. The summed E-state index contributed by atoms with van der Waals surface area (Å²) in [6.45, 7) is 1.78. The quantitative estimate of drug-likeness (QED) is 0.764. The summed E-state index contributed by atoms with van der Waals surface area (Å²) in [6, 6.07) is 4.43. The van der Waals surface area contributed by atoms with Crippen LogP contribution in [0.2, 0.25) is 0 Å². The molecular formula is C13H16N2O5. The SMILES string of the molecule is Nc1cccc(C(=O)O)c1OCC(=O)N1CCOCC1. The number of carbonyl (C=O) groups excluding carboxylic acids is 1. The van der Waals surface area contributed by atoms with Crippen molar-refractivity contribution < 1.29 is 24.2 Å². The number of ether oxygens (including phenoxy) is 2. The van der Waals surface area contributed by atoms with Crippen molar-refractivity contribution in [2.75, 3.05) is 38.6 Å². The molecule has 0 aliphatic carbocycles. The summed E-state index contributed by atoms with van der Waals surface area (Å²) in [6.07, 6.45) is 0. The first kappa shape index (κ1) is 14.1. The minimum Gasteiger partial charge on any atom is -0.481 e. The van der Waals surface area contributed by atoms with Crippen LogP contribution in [0.25, 0.3) is 0 Å². The minimum atomic E-state index is -1.15. The molecule has 3 N–H and O–H groups in total. The Balaban J connectivity index is 2.03. The van der Waals surface area contributed by atoms with E-state index in [-0.39, 0.29) is 29.5 Å². The van der Waals surface area contributed by atoms with Crippen LogP contribution in [0.15, 0.2) is 18.2 Å².